The lowest BCUT2D eigenvalue weighted by atomic mass is 10.1. The van der Waals surface area contributed by atoms with Crippen LogP contribution in [-0.4, -0.2) is 46.5 Å². The molecule has 1 fully saturated rings. The highest BCUT2D eigenvalue weighted by Gasteiger charge is 2.16. The van der Waals surface area contributed by atoms with Crippen LogP contribution in [0.25, 0.3) is 0 Å². The number of carbonyl (C=O) groups is 1. The van der Waals surface area contributed by atoms with Gasteiger partial charge in [-0.25, -0.2) is 0 Å². The van der Waals surface area contributed by atoms with Crippen LogP contribution in [-0.2, 0) is 17.8 Å². The fourth-order valence-corrected chi connectivity index (χ4v) is 2.47. The van der Waals surface area contributed by atoms with Crippen molar-refractivity contribution in [2.75, 3.05) is 19.6 Å². The first-order valence-corrected chi connectivity index (χ1v) is 7.23. The molecule has 5 heteroatoms. The van der Waals surface area contributed by atoms with Gasteiger partial charge in [-0.1, -0.05) is 0 Å². The molecule has 1 aliphatic rings. The number of piperidine rings is 1. The Morgan fingerprint density at radius 1 is 1.45 bits per heavy atom. The van der Waals surface area contributed by atoms with Crippen LogP contribution in [0.2, 0.25) is 0 Å². The summed E-state index contributed by atoms with van der Waals surface area (Å²) in [5.74, 6) is 0.0715. The molecular formula is C15H23N3O2. The van der Waals surface area contributed by atoms with E-state index in [0.717, 1.165) is 38.2 Å². The van der Waals surface area contributed by atoms with Crippen molar-refractivity contribution in [1.82, 2.24) is 9.88 Å². The molecule has 1 saturated heterocycles. The molecule has 2 rings (SSSR count). The van der Waals surface area contributed by atoms with E-state index < -0.39 is 0 Å². The zero-order valence-electron chi connectivity index (χ0n) is 11.8. The minimum absolute atomic E-state index is 0.0715. The number of ketones is 1. The normalized spacial score (nSPS) is 17.3. The number of rotatable bonds is 6. The number of nitrogens with two attached hydrogens (primary N) is 1. The van der Waals surface area contributed by atoms with Crippen molar-refractivity contribution in [3.05, 3.63) is 29.6 Å². The Morgan fingerprint density at radius 3 is 2.90 bits per heavy atom. The van der Waals surface area contributed by atoms with Crippen molar-refractivity contribution in [1.29, 1.82) is 0 Å². The van der Waals surface area contributed by atoms with E-state index in [1.807, 2.05) is 6.07 Å². The SMILES string of the molecule is NCC(=O)CCc1cc(CN2CCC(O)CC2)ccn1. The van der Waals surface area contributed by atoms with Crippen molar-refractivity contribution < 1.29 is 9.90 Å². The van der Waals surface area contributed by atoms with Gasteiger partial charge >= 0.3 is 0 Å². The van der Waals surface area contributed by atoms with Crippen molar-refractivity contribution in [2.24, 2.45) is 5.73 Å². The molecule has 0 amide bonds. The third-order valence-corrected chi connectivity index (χ3v) is 3.73. The van der Waals surface area contributed by atoms with E-state index in [9.17, 15) is 9.90 Å². The molecule has 0 atom stereocenters. The first-order chi connectivity index (χ1) is 9.67. The third kappa shape index (κ3) is 4.67. The highest BCUT2D eigenvalue weighted by molar-refractivity contribution is 5.80. The summed E-state index contributed by atoms with van der Waals surface area (Å²) in [6.45, 7) is 2.86. The van der Waals surface area contributed by atoms with E-state index >= 15 is 0 Å². The Morgan fingerprint density at radius 2 is 2.20 bits per heavy atom. The van der Waals surface area contributed by atoms with Crippen LogP contribution in [0.15, 0.2) is 18.3 Å². The molecule has 0 radical (unpaired) electrons. The van der Waals surface area contributed by atoms with E-state index in [4.69, 9.17) is 5.73 Å². The summed E-state index contributed by atoms with van der Waals surface area (Å²) in [7, 11) is 0. The van der Waals surface area contributed by atoms with Crippen molar-refractivity contribution >= 4 is 5.78 Å². The number of pyridine rings is 1. The third-order valence-electron chi connectivity index (χ3n) is 3.73. The number of aliphatic hydroxyl groups excluding tert-OH is 1. The van der Waals surface area contributed by atoms with Crippen molar-refractivity contribution in [3.8, 4) is 0 Å². The molecule has 0 unspecified atom stereocenters. The molecule has 0 aromatic carbocycles. The van der Waals surface area contributed by atoms with Gasteiger partial charge in [0.1, 0.15) is 5.78 Å². The summed E-state index contributed by atoms with van der Waals surface area (Å²) < 4.78 is 0. The highest BCUT2D eigenvalue weighted by atomic mass is 16.3. The van der Waals surface area contributed by atoms with E-state index in [0.29, 0.717) is 12.8 Å². The molecule has 1 aliphatic heterocycles. The number of carbonyl (C=O) groups excluding carboxylic acids is 1. The lowest BCUT2D eigenvalue weighted by Crippen LogP contribution is -2.35. The van der Waals surface area contributed by atoms with Gasteiger partial charge in [-0.3, -0.25) is 14.7 Å². The van der Waals surface area contributed by atoms with Gasteiger partial charge in [-0.15, -0.1) is 0 Å². The minimum atomic E-state index is -0.137. The monoisotopic (exact) mass is 277 g/mol. The Bertz CT molecular complexity index is 442. The smallest absolute Gasteiger partial charge is 0.146 e. The van der Waals surface area contributed by atoms with Gasteiger partial charge < -0.3 is 10.8 Å². The van der Waals surface area contributed by atoms with Gasteiger partial charge in [0.25, 0.3) is 0 Å². The molecule has 1 aromatic rings. The molecule has 2 heterocycles. The van der Waals surface area contributed by atoms with Crippen LogP contribution >= 0.6 is 0 Å². The van der Waals surface area contributed by atoms with Crippen molar-refractivity contribution in [2.45, 2.75) is 38.3 Å². The largest absolute Gasteiger partial charge is 0.393 e. The Hall–Kier alpha value is -1.30. The first-order valence-electron chi connectivity index (χ1n) is 7.23. The van der Waals surface area contributed by atoms with Gasteiger partial charge in [0.15, 0.2) is 0 Å². The number of likely N-dealkylation sites (tertiary alicyclic amines) is 1. The fraction of sp³-hybridized carbons (Fsp3) is 0.600. The maximum Gasteiger partial charge on any atom is 0.146 e. The van der Waals surface area contributed by atoms with Gasteiger partial charge in [0.05, 0.1) is 12.6 Å². The number of hydrogen-bond donors (Lipinski definition) is 2. The van der Waals surface area contributed by atoms with Crippen molar-refractivity contribution in [3.63, 3.8) is 0 Å². The maximum atomic E-state index is 11.2. The molecule has 0 bridgehead atoms. The summed E-state index contributed by atoms with van der Waals surface area (Å²) in [4.78, 5) is 17.9. The second-order valence-corrected chi connectivity index (χ2v) is 5.41. The number of aromatic nitrogens is 1. The molecule has 0 saturated carbocycles. The van der Waals surface area contributed by atoms with Gasteiger partial charge in [-0.2, -0.15) is 0 Å². The van der Waals surface area contributed by atoms with Gasteiger partial charge in [-0.05, 0) is 37.0 Å². The lowest BCUT2D eigenvalue weighted by Gasteiger charge is -2.29. The van der Waals surface area contributed by atoms with Crippen LogP contribution in [0.4, 0.5) is 0 Å². The van der Waals surface area contributed by atoms with E-state index in [1.165, 1.54) is 5.56 Å². The molecule has 20 heavy (non-hydrogen) atoms. The molecular weight excluding hydrogens is 254 g/mol. The molecule has 0 spiro atoms. The topological polar surface area (TPSA) is 79.5 Å². The summed E-state index contributed by atoms with van der Waals surface area (Å²) in [6.07, 6.45) is 4.48. The number of Topliss-reactive ketones (excluding diaryl/α,β-unsaturated/α-hetero) is 1. The fourth-order valence-electron chi connectivity index (χ4n) is 2.47. The predicted molar refractivity (Wildman–Crippen MR) is 77.1 cm³/mol. The average Bonchev–Trinajstić information content (AvgIpc) is 2.47. The maximum absolute atomic E-state index is 11.2. The van der Waals surface area contributed by atoms with E-state index in [1.54, 1.807) is 6.20 Å². The number of aryl methyl sites for hydroxylation is 1. The first kappa shape index (κ1) is 15.1. The number of hydrogen-bond acceptors (Lipinski definition) is 5. The second kappa shape index (κ2) is 7.47. The quantitative estimate of drug-likeness (QED) is 0.791. The van der Waals surface area contributed by atoms with E-state index in [2.05, 4.69) is 16.0 Å². The van der Waals surface area contributed by atoms with Crippen LogP contribution in [0.1, 0.15) is 30.5 Å². The second-order valence-electron chi connectivity index (χ2n) is 5.41. The molecule has 0 aliphatic carbocycles. The van der Waals surface area contributed by atoms with Crippen LogP contribution < -0.4 is 5.73 Å². The Kier molecular flexibility index (Phi) is 5.64. The Labute approximate surface area is 119 Å². The van der Waals surface area contributed by atoms with Gasteiger partial charge in [0.2, 0.25) is 0 Å². The van der Waals surface area contributed by atoms with Crippen LogP contribution in [0, 0.1) is 0 Å². The lowest BCUT2D eigenvalue weighted by molar-refractivity contribution is -0.117. The zero-order valence-corrected chi connectivity index (χ0v) is 11.8. The number of nitrogens with zero attached hydrogens (tertiary/aromatic N) is 2. The molecule has 1 aromatic heterocycles. The molecule has 110 valence electrons. The summed E-state index contributed by atoms with van der Waals surface area (Å²) >= 11 is 0. The average molecular weight is 277 g/mol. The van der Waals surface area contributed by atoms with Crippen LogP contribution in [0.5, 0.6) is 0 Å². The highest BCUT2D eigenvalue weighted by Crippen LogP contribution is 2.14. The Balaban J connectivity index is 1.87. The van der Waals surface area contributed by atoms with Crippen LogP contribution in [0.3, 0.4) is 0 Å². The summed E-state index contributed by atoms with van der Waals surface area (Å²) in [5, 5.41) is 9.50. The predicted octanol–water partition coefficient (Wildman–Crippen LogP) is 0.499. The van der Waals surface area contributed by atoms with E-state index in [-0.39, 0.29) is 18.4 Å². The van der Waals surface area contributed by atoms with Gasteiger partial charge in [0, 0.05) is 37.9 Å². The summed E-state index contributed by atoms with van der Waals surface area (Å²) in [5.41, 5.74) is 7.46. The standard InChI is InChI=1S/C15H23N3O2/c16-10-15(20)2-1-13-9-12(3-6-17-13)11-18-7-4-14(19)5-8-18/h3,6,9,14,19H,1-2,4-5,7-8,10-11,16H2. The number of aliphatic hydroxyl groups is 1. The molecule has 5 nitrogen and oxygen atoms in total. The molecule has 3 N–H and O–H groups in total. The minimum Gasteiger partial charge on any atom is -0.393 e. The summed E-state index contributed by atoms with van der Waals surface area (Å²) in [6, 6.07) is 4.08. The zero-order chi connectivity index (χ0) is 14.4.